The number of thioether (sulfide) groups is 1. The van der Waals surface area contributed by atoms with Crippen molar-refractivity contribution in [1.29, 1.82) is 0 Å². The summed E-state index contributed by atoms with van der Waals surface area (Å²) >= 11 is 1.31. The maximum atomic E-state index is 12.8. The molecule has 4 nitrogen and oxygen atoms in total. The first-order chi connectivity index (χ1) is 8.49. The molecule has 6 heteroatoms. The van der Waals surface area contributed by atoms with Crippen molar-refractivity contribution < 1.29 is 14.0 Å². The third-order valence-electron chi connectivity index (χ3n) is 2.18. The van der Waals surface area contributed by atoms with Gasteiger partial charge in [0.2, 0.25) is 11.8 Å². The number of carbonyl (C=O) groups excluding carboxylic acids is 2. The van der Waals surface area contributed by atoms with E-state index in [9.17, 15) is 14.0 Å². The topological polar surface area (TPSA) is 72.2 Å². The van der Waals surface area contributed by atoms with Crippen LogP contribution in [0, 0.1) is 12.7 Å². The number of hydrogen-bond donors (Lipinski definition) is 2. The van der Waals surface area contributed by atoms with E-state index in [1.165, 1.54) is 30.0 Å². The smallest absolute Gasteiger partial charge is 0.227 e. The molecule has 3 N–H and O–H groups in total. The molecule has 1 aromatic carbocycles. The molecule has 0 saturated heterocycles. The molecular formula is C12H15FN2O2S. The predicted molar refractivity (Wildman–Crippen MR) is 70.9 cm³/mol. The Bertz CT molecular complexity index is 452. The van der Waals surface area contributed by atoms with E-state index >= 15 is 0 Å². The van der Waals surface area contributed by atoms with E-state index in [1.807, 2.05) is 0 Å². The lowest BCUT2D eigenvalue weighted by Crippen LogP contribution is -2.16. The molecule has 0 unspecified atom stereocenters. The van der Waals surface area contributed by atoms with Crippen molar-refractivity contribution in [3.63, 3.8) is 0 Å². The fraction of sp³-hybridized carbons (Fsp3) is 0.333. The van der Waals surface area contributed by atoms with Crippen molar-refractivity contribution in [3.8, 4) is 0 Å². The number of aryl methyl sites for hydroxylation is 1. The van der Waals surface area contributed by atoms with Crippen LogP contribution in [0.25, 0.3) is 0 Å². The van der Waals surface area contributed by atoms with Crippen LogP contribution >= 0.6 is 11.8 Å². The van der Waals surface area contributed by atoms with Gasteiger partial charge in [0, 0.05) is 17.9 Å². The molecule has 98 valence electrons. The van der Waals surface area contributed by atoms with Gasteiger partial charge in [0.15, 0.2) is 0 Å². The molecule has 0 aromatic heterocycles. The summed E-state index contributed by atoms with van der Waals surface area (Å²) in [6, 6.07) is 4.18. The van der Waals surface area contributed by atoms with E-state index in [2.05, 4.69) is 5.32 Å². The summed E-state index contributed by atoms with van der Waals surface area (Å²) in [4.78, 5) is 22.0. The van der Waals surface area contributed by atoms with E-state index in [0.29, 0.717) is 17.0 Å². The fourth-order valence-corrected chi connectivity index (χ4v) is 1.99. The third-order valence-corrected chi connectivity index (χ3v) is 3.16. The van der Waals surface area contributed by atoms with E-state index in [0.717, 1.165) is 0 Å². The van der Waals surface area contributed by atoms with Crippen LogP contribution < -0.4 is 11.1 Å². The number of hydrogen-bond acceptors (Lipinski definition) is 3. The van der Waals surface area contributed by atoms with Crippen LogP contribution in [0.1, 0.15) is 12.0 Å². The highest BCUT2D eigenvalue weighted by molar-refractivity contribution is 7.99. The van der Waals surface area contributed by atoms with Crippen LogP contribution in [0.3, 0.4) is 0 Å². The summed E-state index contributed by atoms with van der Waals surface area (Å²) in [6.07, 6.45) is 0.286. The van der Waals surface area contributed by atoms with Crippen molar-refractivity contribution in [2.45, 2.75) is 13.3 Å². The number of halogens is 1. The van der Waals surface area contributed by atoms with Gasteiger partial charge in [-0.05, 0) is 30.7 Å². The summed E-state index contributed by atoms with van der Waals surface area (Å²) < 4.78 is 12.8. The van der Waals surface area contributed by atoms with Crippen LogP contribution in [-0.2, 0) is 9.59 Å². The van der Waals surface area contributed by atoms with Crippen molar-refractivity contribution in [1.82, 2.24) is 0 Å². The molecule has 0 bridgehead atoms. The highest BCUT2D eigenvalue weighted by Gasteiger charge is 2.06. The highest BCUT2D eigenvalue weighted by Crippen LogP contribution is 2.16. The molecule has 0 aliphatic rings. The zero-order chi connectivity index (χ0) is 13.5. The van der Waals surface area contributed by atoms with Crippen LogP contribution in [-0.4, -0.2) is 23.3 Å². The van der Waals surface area contributed by atoms with E-state index in [-0.39, 0.29) is 23.9 Å². The molecule has 0 heterocycles. The summed E-state index contributed by atoms with van der Waals surface area (Å²) in [6.45, 7) is 1.72. The Balaban J connectivity index is 2.38. The van der Waals surface area contributed by atoms with Gasteiger partial charge < -0.3 is 11.1 Å². The SMILES string of the molecule is Cc1cc(F)ccc1NC(=O)CCSCC(N)=O. The van der Waals surface area contributed by atoms with Crippen molar-refractivity contribution in [3.05, 3.63) is 29.6 Å². The number of carbonyl (C=O) groups is 2. The van der Waals surface area contributed by atoms with Gasteiger partial charge in [-0.2, -0.15) is 11.8 Å². The molecule has 1 rings (SSSR count). The van der Waals surface area contributed by atoms with E-state index in [4.69, 9.17) is 5.73 Å². The van der Waals surface area contributed by atoms with Gasteiger partial charge in [0.1, 0.15) is 5.82 Å². The number of amides is 2. The number of primary amides is 1. The molecule has 0 aliphatic heterocycles. The molecule has 0 fully saturated rings. The number of anilines is 1. The second-order valence-corrected chi connectivity index (χ2v) is 4.88. The number of nitrogens with two attached hydrogens (primary N) is 1. The van der Waals surface area contributed by atoms with Gasteiger partial charge in [0.05, 0.1) is 5.75 Å². The highest BCUT2D eigenvalue weighted by atomic mass is 32.2. The van der Waals surface area contributed by atoms with Gasteiger partial charge in [-0.15, -0.1) is 0 Å². The maximum absolute atomic E-state index is 12.8. The first-order valence-corrected chi connectivity index (χ1v) is 6.56. The lowest BCUT2D eigenvalue weighted by molar-refractivity contribution is -0.116. The van der Waals surface area contributed by atoms with Crippen LogP contribution in [0.5, 0.6) is 0 Å². The Morgan fingerprint density at radius 2 is 2.17 bits per heavy atom. The molecular weight excluding hydrogens is 255 g/mol. The Kier molecular flexibility index (Phi) is 5.64. The van der Waals surface area contributed by atoms with Crippen molar-refractivity contribution >= 4 is 29.3 Å². The normalized spacial score (nSPS) is 10.1. The minimum Gasteiger partial charge on any atom is -0.369 e. The average molecular weight is 270 g/mol. The van der Waals surface area contributed by atoms with Crippen molar-refractivity contribution in [2.75, 3.05) is 16.8 Å². The van der Waals surface area contributed by atoms with Gasteiger partial charge in [0.25, 0.3) is 0 Å². The maximum Gasteiger partial charge on any atom is 0.227 e. The fourth-order valence-electron chi connectivity index (χ4n) is 1.32. The number of nitrogens with one attached hydrogen (secondary N) is 1. The first kappa shape index (κ1) is 14.5. The molecule has 0 saturated carbocycles. The minimum absolute atomic E-state index is 0.165. The molecule has 2 amide bonds. The van der Waals surface area contributed by atoms with Gasteiger partial charge in [-0.25, -0.2) is 4.39 Å². The van der Waals surface area contributed by atoms with E-state index < -0.39 is 5.91 Å². The third kappa shape index (κ3) is 5.18. The average Bonchev–Trinajstić information content (AvgIpc) is 2.28. The standard InChI is InChI=1S/C12H15FN2O2S/c1-8-6-9(13)2-3-10(8)15-12(17)4-5-18-7-11(14)16/h2-3,6H,4-5,7H2,1H3,(H2,14,16)(H,15,17). The quantitative estimate of drug-likeness (QED) is 0.772. The largest absolute Gasteiger partial charge is 0.369 e. The Labute approximate surface area is 109 Å². The minimum atomic E-state index is -0.394. The summed E-state index contributed by atoms with van der Waals surface area (Å²) in [5, 5.41) is 2.69. The van der Waals surface area contributed by atoms with Gasteiger partial charge in [-0.3, -0.25) is 9.59 Å². The van der Waals surface area contributed by atoms with Crippen LogP contribution in [0.4, 0.5) is 10.1 Å². The molecule has 18 heavy (non-hydrogen) atoms. The van der Waals surface area contributed by atoms with Gasteiger partial charge >= 0.3 is 0 Å². The van der Waals surface area contributed by atoms with Crippen molar-refractivity contribution in [2.24, 2.45) is 5.73 Å². The van der Waals surface area contributed by atoms with Crippen LogP contribution in [0.2, 0.25) is 0 Å². The lowest BCUT2D eigenvalue weighted by Gasteiger charge is -2.08. The first-order valence-electron chi connectivity index (χ1n) is 5.41. The summed E-state index contributed by atoms with van der Waals surface area (Å²) in [5.74, 6) is -0.156. The second-order valence-electron chi connectivity index (χ2n) is 3.78. The van der Waals surface area contributed by atoms with Crippen LogP contribution in [0.15, 0.2) is 18.2 Å². The monoisotopic (exact) mass is 270 g/mol. The van der Waals surface area contributed by atoms with Gasteiger partial charge in [-0.1, -0.05) is 0 Å². The lowest BCUT2D eigenvalue weighted by atomic mass is 10.2. The Morgan fingerprint density at radius 1 is 1.44 bits per heavy atom. The molecule has 0 atom stereocenters. The predicted octanol–water partition coefficient (Wildman–Crippen LogP) is 1.68. The zero-order valence-corrected chi connectivity index (χ0v) is 10.8. The number of benzene rings is 1. The number of rotatable bonds is 6. The zero-order valence-electron chi connectivity index (χ0n) is 10.0. The van der Waals surface area contributed by atoms with E-state index in [1.54, 1.807) is 6.92 Å². The molecule has 0 radical (unpaired) electrons. The molecule has 0 spiro atoms. The second kappa shape index (κ2) is 7.00. The Hall–Kier alpha value is -1.56. The summed E-state index contributed by atoms with van der Waals surface area (Å²) in [7, 11) is 0. The molecule has 0 aliphatic carbocycles. The Morgan fingerprint density at radius 3 is 2.78 bits per heavy atom. The summed E-state index contributed by atoms with van der Waals surface area (Å²) in [5.41, 5.74) is 6.24. The molecule has 1 aromatic rings.